The summed E-state index contributed by atoms with van der Waals surface area (Å²) < 4.78 is 38.9. The first-order valence-corrected chi connectivity index (χ1v) is 6.32. The van der Waals surface area contributed by atoms with E-state index in [1.54, 1.807) is 18.2 Å². The molecule has 0 spiro atoms. The molecule has 0 saturated heterocycles. The molecule has 108 valence electrons. The van der Waals surface area contributed by atoms with Crippen molar-refractivity contribution in [3.8, 4) is 5.69 Å². The van der Waals surface area contributed by atoms with Crippen molar-refractivity contribution < 1.29 is 13.2 Å². The number of benzene rings is 1. The molecule has 2 aromatic rings. The van der Waals surface area contributed by atoms with Gasteiger partial charge in [-0.3, -0.25) is 0 Å². The molecule has 0 aliphatic carbocycles. The molecule has 0 amide bonds. The van der Waals surface area contributed by atoms with Crippen molar-refractivity contribution in [2.24, 2.45) is 5.73 Å². The maximum absolute atomic E-state index is 12.6. The van der Waals surface area contributed by atoms with Crippen molar-refractivity contribution in [3.05, 3.63) is 46.7 Å². The van der Waals surface area contributed by atoms with Gasteiger partial charge >= 0.3 is 6.18 Å². The standard InChI is InChI=1S/C13H13ClF3N3/c1-8(18)6-9-7-10(14)2-3-11(9)20-5-4-12(19-20)13(15,16)17/h2-5,7-8H,6,18H2,1H3. The summed E-state index contributed by atoms with van der Waals surface area (Å²) in [6, 6.07) is 5.73. The number of rotatable bonds is 3. The van der Waals surface area contributed by atoms with Crippen LogP contribution in [0.1, 0.15) is 18.2 Å². The molecule has 3 nitrogen and oxygen atoms in total. The summed E-state index contributed by atoms with van der Waals surface area (Å²) in [6.07, 6.45) is -2.69. The van der Waals surface area contributed by atoms with E-state index in [4.69, 9.17) is 17.3 Å². The van der Waals surface area contributed by atoms with Gasteiger partial charge in [0.15, 0.2) is 5.69 Å². The van der Waals surface area contributed by atoms with Gasteiger partial charge in [0.05, 0.1) is 5.69 Å². The van der Waals surface area contributed by atoms with E-state index in [1.807, 2.05) is 6.92 Å². The summed E-state index contributed by atoms with van der Waals surface area (Å²) in [5.41, 5.74) is 6.11. The predicted octanol–water partition coefficient (Wildman–Crippen LogP) is 3.43. The van der Waals surface area contributed by atoms with Gasteiger partial charge in [0.25, 0.3) is 0 Å². The fraction of sp³-hybridized carbons (Fsp3) is 0.308. The minimum Gasteiger partial charge on any atom is -0.328 e. The molecule has 0 radical (unpaired) electrons. The first kappa shape index (κ1) is 14.9. The molecule has 1 unspecified atom stereocenters. The monoisotopic (exact) mass is 303 g/mol. The zero-order chi connectivity index (χ0) is 14.9. The molecular weight excluding hydrogens is 291 g/mol. The molecule has 0 saturated carbocycles. The number of halogens is 4. The minimum absolute atomic E-state index is 0.134. The second kappa shape index (κ2) is 5.46. The van der Waals surface area contributed by atoms with Crippen LogP contribution < -0.4 is 5.73 Å². The third-order valence-corrected chi connectivity index (χ3v) is 2.94. The van der Waals surface area contributed by atoms with Crippen molar-refractivity contribution >= 4 is 11.6 Å². The first-order chi connectivity index (χ1) is 9.27. The molecule has 2 N–H and O–H groups in total. The summed E-state index contributed by atoms with van der Waals surface area (Å²) in [5.74, 6) is 0. The number of hydrogen-bond acceptors (Lipinski definition) is 2. The number of nitrogens with two attached hydrogens (primary N) is 1. The molecule has 0 aliphatic rings. The van der Waals surface area contributed by atoms with E-state index in [2.05, 4.69) is 5.10 Å². The fourth-order valence-corrected chi connectivity index (χ4v) is 2.09. The van der Waals surface area contributed by atoms with Gasteiger partial charge in [0.2, 0.25) is 0 Å². The minimum atomic E-state index is -4.46. The Balaban J connectivity index is 2.44. The Labute approximate surface area is 119 Å². The van der Waals surface area contributed by atoms with Crippen LogP contribution in [-0.2, 0) is 12.6 Å². The van der Waals surface area contributed by atoms with Crippen LogP contribution >= 0.6 is 11.6 Å². The zero-order valence-corrected chi connectivity index (χ0v) is 11.4. The third-order valence-electron chi connectivity index (χ3n) is 2.71. The van der Waals surface area contributed by atoms with Crippen molar-refractivity contribution in [2.45, 2.75) is 25.6 Å². The van der Waals surface area contributed by atoms with Crippen molar-refractivity contribution in [2.75, 3.05) is 0 Å². The van der Waals surface area contributed by atoms with E-state index >= 15 is 0 Å². The van der Waals surface area contributed by atoms with Gasteiger partial charge in [-0.25, -0.2) is 4.68 Å². The van der Waals surface area contributed by atoms with E-state index < -0.39 is 11.9 Å². The molecule has 0 bridgehead atoms. The second-order valence-electron chi connectivity index (χ2n) is 4.60. The lowest BCUT2D eigenvalue weighted by Gasteiger charge is -2.12. The van der Waals surface area contributed by atoms with Gasteiger partial charge in [0.1, 0.15) is 0 Å². The molecule has 1 heterocycles. The van der Waals surface area contributed by atoms with E-state index in [0.717, 1.165) is 11.6 Å². The van der Waals surface area contributed by atoms with E-state index in [9.17, 15) is 13.2 Å². The number of alkyl halides is 3. The Bertz CT molecular complexity index is 605. The van der Waals surface area contributed by atoms with E-state index in [0.29, 0.717) is 17.1 Å². The van der Waals surface area contributed by atoms with Gasteiger partial charge in [-0.05, 0) is 43.2 Å². The Morgan fingerprint density at radius 2 is 2.05 bits per heavy atom. The van der Waals surface area contributed by atoms with Gasteiger partial charge in [-0.2, -0.15) is 18.3 Å². The molecule has 2 rings (SSSR count). The van der Waals surface area contributed by atoms with Crippen LogP contribution in [0.3, 0.4) is 0 Å². The number of aromatic nitrogens is 2. The number of hydrogen-bond donors (Lipinski definition) is 1. The summed E-state index contributed by atoms with van der Waals surface area (Å²) in [7, 11) is 0. The normalized spacial score (nSPS) is 13.5. The molecule has 1 aromatic carbocycles. The van der Waals surface area contributed by atoms with Crippen molar-refractivity contribution in [1.29, 1.82) is 0 Å². The van der Waals surface area contributed by atoms with Crippen LogP contribution in [0.5, 0.6) is 0 Å². The third kappa shape index (κ3) is 3.32. The van der Waals surface area contributed by atoms with Gasteiger partial charge in [-0.15, -0.1) is 0 Å². The molecule has 1 aromatic heterocycles. The Hall–Kier alpha value is -1.53. The molecule has 0 aliphatic heterocycles. The molecular formula is C13H13ClF3N3. The van der Waals surface area contributed by atoms with Crippen LogP contribution in [0.25, 0.3) is 5.69 Å². The second-order valence-corrected chi connectivity index (χ2v) is 5.03. The smallest absolute Gasteiger partial charge is 0.328 e. The summed E-state index contributed by atoms with van der Waals surface area (Å²) in [4.78, 5) is 0. The maximum Gasteiger partial charge on any atom is 0.435 e. The molecule has 0 fully saturated rings. The molecule has 20 heavy (non-hydrogen) atoms. The fourth-order valence-electron chi connectivity index (χ4n) is 1.90. The van der Waals surface area contributed by atoms with E-state index in [1.165, 1.54) is 10.9 Å². The van der Waals surface area contributed by atoms with Crippen LogP contribution in [0.15, 0.2) is 30.5 Å². The highest BCUT2D eigenvalue weighted by Gasteiger charge is 2.33. The highest BCUT2D eigenvalue weighted by Crippen LogP contribution is 2.28. The summed E-state index contributed by atoms with van der Waals surface area (Å²) >= 11 is 5.92. The first-order valence-electron chi connectivity index (χ1n) is 5.94. The quantitative estimate of drug-likeness (QED) is 0.944. The molecule has 1 atom stereocenters. The van der Waals surface area contributed by atoms with Crippen LogP contribution in [0, 0.1) is 0 Å². The number of nitrogens with zero attached hydrogens (tertiary/aromatic N) is 2. The lowest BCUT2D eigenvalue weighted by atomic mass is 10.1. The summed E-state index contributed by atoms with van der Waals surface area (Å²) in [5, 5.41) is 4.06. The Morgan fingerprint density at radius 3 is 2.60 bits per heavy atom. The topological polar surface area (TPSA) is 43.8 Å². The lowest BCUT2D eigenvalue weighted by molar-refractivity contribution is -0.141. The Morgan fingerprint density at radius 1 is 1.35 bits per heavy atom. The zero-order valence-electron chi connectivity index (χ0n) is 10.7. The molecule has 7 heteroatoms. The average molecular weight is 304 g/mol. The van der Waals surface area contributed by atoms with Gasteiger partial charge < -0.3 is 5.73 Å². The lowest BCUT2D eigenvalue weighted by Crippen LogP contribution is -2.19. The van der Waals surface area contributed by atoms with Crippen molar-refractivity contribution in [1.82, 2.24) is 9.78 Å². The van der Waals surface area contributed by atoms with Crippen LogP contribution in [-0.4, -0.2) is 15.8 Å². The summed E-state index contributed by atoms with van der Waals surface area (Å²) in [6.45, 7) is 1.81. The predicted molar refractivity (Wildman–Crippen MR) is 70.9 cm³/mol. The van der Waals surface area contributed by atoms with E-state index in [-0.39, 0.29) is 6.04 Å². The van der Waals surface area contributed by atoms with Crippen molar-refractivity contribution in [3.63, 3.8) is 0 Å². The SMILES string of the molecule is CC(N)Cc1cc(Cl)ccc1-n1ccc(C(F)(F)F)n1. The van der Waals surface area contributed by atoms with Gasteiger partial charge in [-0.1, -0.05) is 11.6 Å². The van der Waals surface area contributed by atoms with Crippen LogP contribution in [0.2, 0.25) is 5.02 Å². The van der Waals surface area contributed by atoms with Gasteiger partial charge in [0, 0.05) is 17.3 Å². The average Bonchev–Trinajstić information content (AvgIpc) is 2.77. The Kier molecular flexibility index (Phi) is 4.06. The highest BCUT2D eigenvalue weighted by molar-refractivity contribution is 6.30. The maximum atomic E-state index is 12.6. The largest absolute Gasteiger partial charge is 0.435 e. The van der Waals surface area contributed by atoms with Crippen LogP contribution in [0.4, 0.5) is 13.2 Å². The highest BCUT2D eigenvalue weighted by atomic mass is 35.5.